The van der Waals surface area contributed by atoms with Gasteiger partial charge in [-0.25, -0.2) is 4.79 Å². The molecule has 0 aliphatic carbocycles. The molecule has 0 spiro atoms. The zero-order valence-corrected chi connectivity index (χ0v) is 17.5. The fourth-order valence-electron chi connectivity index (χ4n) is 3.32. The van der Waals surface area contributed by atoms with Crippen LogP contribution < -0.4 is 10.1 Å². The van der Waals surface area contributed by atoms with Gasteiger partial charge in [-0.1, -0.05) is 48.5 Å². The molecule has 0 atom stereocenters. The lowest BCUT2D eigenvalue weighted by molar-refractivity contribution is -0.124. The molecule has 0 unspecified atom stereocenters. The summed E-state index contributed by atoms with van der Waals surface area (Å²) in [7, 11) is 1.58. The molecule has 6 nitrogen and oxygen atoms in total. The van der Waals surface area contributed by atoms with Crippen LogP contribution in [-0.4, -0.2) is 30.2 Å². The van der Waals surface area contributed by atoms with Gasteiger partial charge in [-0.2, -0.15) is 0 Å². The van der Waals surface area contributed by atoms with Gasteiger partial charge in [-0.05, 0) is 31.5 Å². The van der Waals surface area contributed by atoms with Crippen LogP contribution in [0, 0.1) is 13.8 Å². The van der Waals surface area contributed by atoms with Crippen molar-refractivity contribution < 1.29 is 19.1 Å². The van der Waals surface area contributed by atoms with Crippen molar-refractivity contribution in [1.82, 2.24) is 9.88 Å². The second kappa shape index (κ2) is 9.78. The Morgan fingerprint density at radius 1 is 1.00 bits per heavy atom. The molecule has 0 saturated heterocycles. The van der Waals surface area contributed by atoms with Gasteiger partial charge < -0.3 is 19.4 Å². The predicted octanol–water partition coefficient (Wildman–Crippen LogP) is 3.64. The predicted molar refractivity (Wildman–Crippen MR) is 115 cm³/mol. The maximum Gasteiger partial charge on any atom is 0.340 e. The number of carbonyl (C=O) groups excluding carboxylic acids is 2. The van der Waals surface area contributed by atoms with Crippen molar-refractivity contribution in [2.45, 2.75) is 26.9 Å². The largest absolute Gasteiger partial charge is 0.496 e. The second-order valence-electron chi connectivity index (χ2n) is 7.02. The molecular weight excluding hydrogens is 380 g/mol. The first-order valence-corrected chi connectivity index (χ1v) is 9.76. The number of hydrogen-bond acceptors (Lipinski definition) is 4. The van der Waals surface area contributed by atoms with E-state index in [2.05, 4.69) is 9.88 Å². The van der Waals surface area contributed by atoms with E-state index in [9.17, 15) is 9.59 Å². The lowest BCUT2D eigenvalue weighted by atomic mass is 10.2. The Labute approximate surface area is 176 Å². The molecule has 6 heteroatoms. The van der Waals surface area contributed by atoms with Crippen LogP contribution in [0.3, 0.4) is 0 Å². The van der Waals surface area contributed by atoms with Crippen molar-refractivity contribution in [2.24, 2.45) is 0 Å². The molecule has 0 fully saturated rings. The average molecular weight is 406 g/mol. The van der Waals surface area contributed by atoms with Crippen LogP contribution in [0.2, 0.25) is 0 Å². The smallest absolute Gasteiger partial charge is 0.340 e. The number of amides is 1. The fourth-order valence-corrected chi connectivity index (χ4v) is 3.32. The first-order chi connectivity index (χ1) is 14.5. The summed E-state index contributed by atoms with van der Waals surface area (Å²) in [4.78, 5) is 24.6. The molecule has 1 heterocycles. The van der Waals surface area contributed by atoms with E-state index in [0.717, 1.165) is 22.5 Å². The number of ether oxygens (including phenoxy) is 2. The number of benzene rings is 2. The summed E-state index contributed by atoms with van der Waals surface area (Å²) in [5.74, 6) is -0.178. The van der Waals surface area contributed by atoms with Gasteiger partial charge in [0.2, 0.25) is 0 Å². The molecule has 2 aromatic carbocycles. The normalized spacial score (nSPS) is 10.5. The maximum atomic E-state index is 12.5. The molecule has 1 amide bonds. The van der Waals surface area contributed by atoms with Crippen LogP contribution in [0.25, 0.3) is 0 Å². The minimum absolute atomic E-state index is 0.298. The number of methoxy groups -OCH3 is 1. The summed E-state index contributed by atoms with van der Waals surface area (Å²) in [6.07, 6.45) is 0. The molecule has 3 aromatic rings. The minimum Gasteiger partial charge on any atom is -0.496 e. The first kappa shape index (κ1) is 21.2. The van der Waals surface area contributed by atoms with Gasteiger partial charge in [0.05, 0.1) is 12.7 Å². The number of rotatable bonds is 8. The molecule has 0 saturated carbocycles. The second-order valence-corrected chi connectivity index (χ2v) is 7.02. The fraction of sp³-hybridized carbons (Fsp3) is 0.250. The van der Waals surface area contributed by atoms with Crippen LogP contribution in [0.5, 0.6) is 5.75 Å². The zero-order chi connectivity index (χ0) is 21.5. The van der Waals surface area contributed by atoms with Crippen molar-refractivity contribution in [3.05, 3.63) is 88.7 Å². The van der Waals surface area contributed by atoms with Crippen molar-refractivity contribution in [3.8, 4) is 5.75 Å². The molecule has 0 radical (unpaired) electrons. The van der Waals surface area contributed by atoms with Gasteiger partial charge >= 0.3 is 5.97 Å². The molecule has 3 rings (SSSR count). The van der Waals surface area contributed by atoms with Crippen molar-refractivity contribution in [1.29, 1.82) is 0 Å². The van der Waals surface area contributed by atoms with E-state index in [0.29, 0.717) is 24.4 Å². The van der Waals surface area contributed by atoms with Crippen molar-refractivity contribution in [3.63, 3.8) is 0 Å². The summed E-state index contributed by atoms with van der Waals surface area (Å²) in [6.45, 7) is 4.47. The summed E-state index contributed by atoms with van der Waals surface area (Å²) in [6, 6.07) is 19.3. The minimum atomic E-state index is -0.505. The third-order valence-electron chi connectivity index (χ3n) is 4.98. The van der Waals surface area contributed by atoms with E-state index in [1.807, 2.05) is 68.4 Å². The maximum absolute atomic E-state index is 12.5. The van der Waals surface area contributed by atoms with E-state index < -0.39 is 5.97 Å². The van der Waals surface area contributed by atoms with E-state index in [4.69, 9.17) is 9.47 Å². The van der Waals surface area contributed by atoms with Crippen LogP contribution in [0.4, 0.5) is 0 Å². The molecule has 30 heavy (non-hydrogen) atoms. The Morgan fingerprint density at radius 2 is 1.70 bits per heavy atom. The number of nitrogens with zero attached hydrogens (tertiary/aromatic N) is 1. The van der Waals surface area contributed by atoms with Gasteiger partial charge in [0.25, 0.3) is 5.91 Å². The van der Waals surface area contributed by atoms with E-state index in [1.165, 1.54) is 0 Å². The molecule has 0 bridgehead atoms. The Morgan fingerprint density at radius 3 is 2.43 bits per heavy atom. The quantitative estimate of drug-likeness (QED) is 0.580. The van der Waals surface area contributed by atoms with Gasteiger partial charge in [0.1, 0.15) is 5.75 Å². The van der Waals surface area contributed by atoms with Gasteiger partial charge in [-0.15, -0.1) is 0 Å². The summed E-state index contributed by atoms with van der Waals surface area (Å²) >= 11 is 0. The number of aryl methyl sites for hydroxylation is 1. The monoisotopic (exact) mass is 406 g/mol. The summed E-state index contributed by atoms with van der Waals surface area (Å²) in [5, 5.41) is 2.74. The number of aromatic nitrogens is 1. The summed E-state index contributed by atoms with van der Waals surface area (Å²) < 4.78 is 12.6. The van der Waals surface area contributed by atoms with Crippen LogP contribution in [-0.2, 0) is 22.6 Å². The number of carbonyl (C=O) groups is 2. The van der Waals surface area contributed by atoms with E-state index >= 15 is 0 Å². The van der Waals surface area contributed by atoms with Crippen LogP contribution in [0.15, 0.2) is 60.7 Å². The highest BCUT2D eigenvalue weighted by Crippen LogP contribution is 2.19. The van der Waals surface area contributed by atoms with E-state index in [-0.39, 0.29) is 12.5 Å². The highest BCUT2D eigenvalue weighted by Gasteiger charge is 2.18. The van der Waals surface area contributed by atoms with Crippen LogP contribution >= 0.6 is 0 Å². The number of hydrogen-bond donors (Lipinski definition) is 1. The Kier molecular flexibility index (Phi) is 6.91. The molecular formula is C24H26N2O4. The van der Waals surface area contributed by atoms with Gasteiger partial charge in [0.15, 0.2) is 6.61 Å². The SMILES string of the molecule is COc1ccccc1CNC(=O)COC(=O)c1cc(C)n(Cc2ccccc2)c1C. The lowest BCUT2D eigenvalue weighted by Crippen LogP contribution is -2.28. The number of esters is 1. The van der Waals surface area contributed by atoms with Gasteiger partial charge in [0, 0.05) is 30.0 Å². The first-order valence-electron chi connectivity index (χ1n) is 9.76. The lowest BCUT2D eigenvalue weighted by Gasteiger charge is -2.11. The molecule has 0 aliphatic heterocycles. The van der Waals surface area contributed by atoms with Crippen molar-refractivity contribution >= 4 is 11.9 Å². The standard InChI is InChI=1S/C24H26N2O4/c1-17-13-21(18(2)26(17)15-19-9-5-4-6-10-19)24(28)30-16-23(27)25-14-20-11-7-8-12-22(20)29-3/h4-13H,14-16H2,1-3H3,(H,25,27). The van der Waals surface area contributed by atoms with Crippen LogP contribution in [0.1, 0.15) is 32.9 Å². The van der Waals surface area contributed by atoms with Gasteiger partial charge in [-0.3, -0.25) is 4.79 Å². The number of nitrogens with one attached hydrogen (secondary N) is 1. The molecule has 0 aliphatic rings. The van der Waals surface area contributed by atoms with Crippen molar-refractivity contribution in [2.75, 3.05) is 13.7 Å². The molecule has 1 N–H and O–H groups in total. The Hall–Kier alpha value is -3.54. The third kappa shape index (κ3) is 5.08. The summed E-state index contributed by atoms with van der Waals surface area (Å²) in [5.41, 5.74) is 4.25. The molecule has 1 aromatic heterocycles. The average Bonchev–Trinajstić information content (AvgIpc) is 3.05. The highest BCUT2D eigenvalue weighted by atomic mass is 16.5. The topological polar surface area (TPSA) is 69.6 Å². The Balaban J connectivity index is 1.57. The number of para-hydroxylation sites is 1. The third-order valence-corrected chi connectivity index (χ3v) is 4.98. The van der Waals surface area contributed by atoms with E-state index in [1.54, 1.807) is 13.2 Å². The zero-order valence-electron chi connectivity index (χ0n) is 17.5. The highest BCUT2D eigenvalue weighted by molar-refractivity contribution is 5.92. The molecule has 156 valence electrons. The Bertz CT molecular complexity index is 1020.